The summed E-state index contributed by atoms with van der Waals surface area (Å²) in [6.07, 6.45) is 1.59. The molecular formula is C17H21N3O2S. The average Bonchev–Trinajstić information content (AvgIpc) is 2.96. The summed E-state index contributed by atoms with van der Waals surface area (Å²) in [5.74, 6) is -0.318. The highest BCUT2D eigenvalue weighted by molar-refractivity contribution is 7.13. The molecule has 0 aliphatic heterocycles. The van der Waals surface area contributed by atoms with Crippen LogP contribution in [0.25, 0.3) is 0 Å². The molecular weight excluding hydrogens is 310 g/mol. The fourth-order valence-corrected chi connectivity index (χ4v) is 2.78. The molecule has 0 fully saturated rings. The lowest BCUT2D eigenvalue weighted by Crippen LogP contribution is -2.21. The van der Waals surface area contributed by atoms with Crippen molar-refractivity contribution in [1.82, 2.24) is 9.88 Å². The maximum absolute atomic E-state index is 12.3. The Balaban J connectivity index is 2.16. The van der Waals surface area contributed by atoms with E-state index in [0.29, 0.717) is 16.1 Å². The first-order valence-electron chi connectivity index (χ1n) is 7.28. The predicted octanol–water partition coefficient (Wildman–Crippen LogP) is 3.39. The third-order valence-corrected chi connectivity index (χ3v) is 4.57. The quantitative estimate of drug-likeness (QED) is 0.937. The van der Waals surface area contributed by atoms with E-state index in [0.717, 1.165) is 5.01 Å². The van der Waals surface area contributed by atoms with Gasteiger partial charge in [-0.25, -0.2) is 4.98 Å². The minimum atomic E-state index is -0.215. The van der Waals surface area contributed by atoms with E-state index in [4.69, 9.17) is 0 Å². The van der Waals surface area contributed by atoms with Crippen LogP contribution in [0.1, 0.15) is 45.8 Å². The summed E-state index contributed by atoms with van der Waals surface area (Å²) in [4.78, 5) is 30.7. The summed E-state index contributed by atoms with van der Waals surface area (Å²) in [5.41, 5.74) is 1.04. The summed E-state index contributed by atoms with van der Waals surface area (Å²) < 4.78 is 0. The topological polar surface area (TPSA) is 62.3 Å². The van der Waals surface area contributed by atoms with E-state index >= 15 is 0 Å². The van der Waals surface area contributed by atoms with E-state index in [2.05, 4.69) is 31.1 Å². The zero-order valence-corrected chi connectivity index (χ0v) is 14.8. The Labute approximate surface area is 140 Å². The SMILES string of the molecule is CN(C)C(=O)c1cccc(NC(=O)c2cnc(C(C)(C)C)s2)c1. The van der Waals surface area contributed by atoms with Crippen LogP contribution in [0.5, 0.6) is 0 Å². The Morgan fingerprint density at radius 1 is 1.22 bits per heavy atom. The molecule has 2 amide bonds. The Morgan fingerprint density at radius 3 is 2.48 bits per heavy atom. The van der Waals surface area contributed by atoms with Crippen molar-refractivity contribution >= 4 is 28.8 Å². The van der Waals surface area contributed by atoms with Crippen molar-refractivity contribution < 1.29 is 9.59 Å². The lowest BCUT2D eigenvalue weighted by Gasteiger charge is -2.13. The van der Waals surface area contributed by atoms with Gasteiger partial charge in [0.2, 0.25) is 0 Å². The fraction of sp³-hybridized carbons (Fsp3) is 0.353. The second-order valence-corrected chi connectivity index (χ2v) is 7.54. The van der Waals surface area contributed by atoms with Gasteiger partial charge >= 0.3 is 0 Å². The molecule has 1 N–H and O–H groups in total. The third-order valence-electron chi connectivity index (χ3n) is 3.14. The first-order valence-corrected chi connectivity index (χ1v) is 8.09. The molecule has 0 saturated carbocycles. The molecule has 0 aliphatic rings. The molecule has 0 spiro atoms. The first kappa shape index (κ1) is 17.1. The van der Waals surface area contributed by atoms with Crippen LogP contribution in [0.3, 0.4) is 0 Å². The van der Waals surface area contributed by atoms with Gasteiger partial charge < -0.3 is 10.2 Å². The van der Waals surface area contributed by atoms with Gasteiger partial charge in [0, 0.05) is 30.8 Å². The molecule has 122 valence electrons. The number of rotatable bonds is 3. The summed E-state index contributed by atoms with van der Waals surface area (Å²) >= 11 is 1.38. The van der Waals surface area contributed by atoms with Crippen LogP contribution in [0, 0.1) is 0 Å². The number of hydrogen-bond donors (Lipinski definition) is 1. The minimum Gasteiger partial charge on any atom is -0.345 e. The number of nitrogens with zero attached hydrogens (tertiary/aromatic N) is 2. The zero-order valence-electron chi connectivity index (χ0n) is 14.0. The van der Waals surface area contributed by atoms with Gasteiger partial charge in [0.25, 0.3) is 11.8 Å². The van der Waals surface area contributed by atoms with Gasteiger partial charge in [-0.05, 0) is 18.2 Å². The van der Waals surface area contributed by atoms with Crippen LogP contribution >= 0.6 is 11.3 Å². The predicted molar refractivity (Wildman–Crippen MR) is 93.2 cm³/mol. The van der Waals surface area contributed by atoms with Crippen molar-refractivity contribution in [1.29, 1.82) is 0 Å². The highest BCUT2D eigenvalue weighted by atomic mass is 32.1. The Hall–Kier alpha value is -2.21. The van der Waals surface area contributed by atoms with Gasteiger partial charge in [0.15, 0.2) is 0 Å². The number of amides is 2. The second-order valence-electron chi connectivity index (χ2n) is 6.51. The van der Waals surface area contributed by atoms with Gasteiger partial charge in [-0.3, -0.25) is 9.59 Å². The normalized spacial score (nSPS) is 11.2. The van der Waals surface area contributed by atoms with Crippen LogP contribution in [0.2, 0.25) is 0 Å². The number of thiazole rings is 1. The van der Waals surface area contributed by atoms with Crippen molar-refractivity contribution in [2.75, 3.05) is 19.4 Å². The molecule has 1 heterocycles. The van der Waals surface area contributed by atoms with E-state index < -0.39 is 0 Å². The van der Waals surface area contributed by atoms with Crippen LogP contribution in [-0.2, 0) is 5.41 Å². The van der Waals surface area contributed by atoms with Crippen LogP contribution in [0.4, 0.5) is 5.69 Å². The third kappa shape index (κ3) is 4.16. The fourth-order valence-electron chi connectivity index (χ4n) is 1.91. The van der Waals surface area contributed by atoms with E-state index in [1.807, 2.05) is 0 Å². The van der Waals surface area contributed by atoms with Gasteiger partial charge in [0.1, 0.15) is 4.88 Å². The average molecular weight is 331 g/mol. The summed E-state index contributed by atoms with van der Waals surface area (Å²) in [6, 6.07) is 6.91. The molecule has 0 aliphatic carbocycles. The largest absolute Gasteiger partial charge is 0.345 e. The van der Waals surface area contributed by atoms with Crippen LogP contribution < -0.4 is 5.32 Å². The zero-order chi connectivity index (χ0) is 17.2. The molecule has 2 aromatic rings. The standard InChI is InChI=1S/C17H21N3O2S/c1-17(2,3)16-18-10-13(23-16)14(21)19-12-8-6-7-11(9-12)15(22)20(4)5/h6-10H,1-5H3,(H,19,21). The Morgan fingerprint density at radius 2 is 1.91 bits per heavy atom. The smallest absolute Gasteiger partial charge is 0.267 e. The Bertz CT molecular complexity index is 729. The van der Waals surface area contributed by atoms with Crippen molar-refractivity contribution in [3.63, 3.8) is 0 Å². The molecule has 23 heavy (non-hydrogen) atoms. The van der Waals surface area contributed by atoms with Crippen molar-refractivity contribution in [3.8, 4) is 0 Å². The number of nitrogens with one attached hydrogen (secondary N) is 1. The van der Waals surface area contributed by atoms with Crippen molar-refractivity contribution in [2.24, 2.45) is 0 Å². The highest BCUT2D eigenvalue weighted by Crippen LogP contribution is 2.27. The van der Waals surface area contributed by atoms with Gasteiger partial charge in [0.05, 0.1) is 11.2 Å². The Kier molecular flexibility index (Phi) is 4.85. The van der Waals surface area contributed by atoms with Gasteiger partial charge in [-0.2, -0.15) is 0 Å². The molecule has 1 aromatic heterocycles. The number of benzene rings is 1. The highest BCUT2D eigenvalue weighted by Gasteiger charge is 2.20. The van der Waals surface area contributed by atoms with E-state index in [1.165, 1.54) is 16.2 Å². The van der Waals surface area contributed by atoms with Crippen LogP contribution in [0.15, 0.2) is 30.5 Å². The minimum absolute atomic E-state index is 0.0821. The second kappa shape index (κ2) is 6.50. The maximum Gasteiger partial charge on any atom is 0.267 e. The molecule has 0 saturated heterocycles. The number of hydrogen-bond acceptors (Lipinski definition) is 4. The van der Waals surface area contributed by atoms with Gasteiger partial charge in [-0.1, -0.05) is 26.8 Å². The lowest BCUT2D eigenvalue weighted by molar-refractivity contribution is 0.0827. The molecule has 0 bridgehead atoms. The monoisotopic (exact) mass is 331 g/mol. The van der Waals surface area contributed by atoms with E-state index in [9.17, 15) is 9.59 Å². The number of carbonyl (C=O) groups excluding carboxylic acids is 2. The molecule has 5 nitrogen and oxygen atoms in total. The van der Waals surface area contributed by atoms with Gasteiger partial charge in [-0.15, -0.1) is 11.3 Å². The summed E-state index contributed by atoms with van der Waals surface area (Å²) in [5, 5.41) is 3.73. The van der Waals surface area contributed by atoms with Crippen molar-refractivity contribution in [3.05, 3.63) is 45.9 Å². The molecule has 0 radical (unpaired) electrons. The number of aromatic nitrogens is 1. The van der Waals surface area contributed by atoms with Crippen molar-refractivity contribution in [2.45, 2.75) is 26.2 Å². The van der Waals surface area contributed by atoms with Crippen LogP contribution in [-0.4, -0.2) is 35.8 Å². The maximum atomic E-state index is 12.3. The molecule has 0 atom stereocenters. The molecule has 0 unspecified atom stereocenters. The number of anilines is 1. The summed E-state index contributed by atoms with van der Waals surface area (Å²) in [6.45, 7) is 6.18. The lowest BCUT2D eigenvalue weighted by atomic mass is 9.98. The molecule has 1 aromatic carbocycles. The first-order chi connectivity index (χ1) is 10.7. The molecule has 6 heteroatoms. The van der Waals surface area contributed by atoms with E-state index in [-0.39, 0.29) is 17.2 Å². The number of carbonyl (C=O) groups is 2. The molecule has 2 rings (SSSR count). The van der Waals surface area contributed by atoms with E-state index in [1.54, 1.807) is 44.6 Å². The summed E-state index contributed by atoms with van der Waals surface area (Å²) in [7, 11) is 3.39.